The maximum absolute atomic E-state index is 5.10. The molecule has 0 saturated carbocycles. The Bertz CT molecular complexity index is 433. The average Bonchev–Trinajstić information content (AvgIpc) is 2.77. The zero-order chi connectivity index (χ0) is 10.7. The monoisotopic (exact) mass is 222 g/mol. The molecule has 0 bridgehead atoms. The molecule has 4 heteroatoms. The van der Waals surface area contributed by atoms with E-state index in [2.05, 4.69) is 28.8 Å². The first-order valence-electron chi connectivity index (χ1n) is 4.91. The Labute approximate surface area is 93.1 Å². The summed E-state index contributed by atoms with van der Waals surface area (Å²) >= 11 is 1.78. The number of rotatable bonds is 4. The Kier molecular flexibility index (Phi) is 3.18. The summed E-state index contributed by atoms with van der Waals surface area (Å²) in [5, 5.41) is 9.29. The Balaban J connectivity index is 1.83. The lowest BCUT2D eigenvalue weighted by Gasteiger charge is -2.00. The molecule has 0 aliphatic carbocycles. The van der Waals surface area contributed by atoms with Gasteiger partial charge in [-0.2, -0.15) is 0 Å². The number of aromatic nitrogens is 1. The summed E-state index contributed by atoms with van der Waals surface area (Å²) in [5.74, 6) is 0.890. The van der Waals surface area contributed by atoms with Crippen molar-refractivity contribution in [1.29, 1.82) is 0 Å². The summed E-state index contributed by atoms with van der Waals surface area (Å²) in [6.07, 6.45) is 0. The molecule has 0 atom stereocenters. The van der Waals surface area contributed by atoms with Gasteiger partial charge in [0, 0.05) is 17.5 Å². The maximum Gasteiger partial charge on any atom is 0.150 e. The molecule has 3 nitrogen and oxygen atoms in total. The van der Waals surface area contributed by atoms with E-state index in [1.807, 2.05) is 13.0 Å². The average molecular weight is 222 g/mol. The lowest BCUT2D eigenvalue weighted by atomic mass is 10.3. The number of nitrogens with one attached hydrogen (secondary N) is 1. The van der Waals surface area contributed by atoms with Crippen molar-refractivity contribution in [3.8, 4) is 0 Å². The van der Waals surface area contributed by atoms with Crippen LogP contribution < -0.4 is 5.32 Å². The van der Waals surface area contributed by atoms with Crippen LogP contribution in [0.2, 0.25) is 0 Å². The van der Waals surface area contributed by atoms with E-state index in [4.69, 9.17) is 4.52 Å². The Morgan fingerprint density at radius 2 is 2.27 bits per heavy atom. The van der Waals surface area contributed by atoms with Crippen LogP contribution in [0.5, 0.6) is 0 Å². The van der Waals surface area contributed by atoms with Gasteiger partial charge in [0.1, 0.15) is 0 Å². The van der Waals surface area contributed by atoms with Gasteiger partial charge >= 0.3 is 0 Å². The van der Waals surface area contributed by atoms with Crippen molar-refractivity contribution in [3.05, 3.63) is 39.4 Å². The van der Waals surface area contributed by atoms with Crippen molar-refractivity contribution in [3.63, 3.8) is 0 Å². The molecule has 2 rings (SSSR count). The van der Waals surface area contributed by atoms with Crippen LogP contribution in [0.4, 0.5) is 0 Å². The quantitative estimate of drug-likeness (QED) is 0.864. The fourth-order valence-electron chi connectivity index (χ4n) is 1.38. The van der Waals surface area contributed by atoms with Crippen molar-refractivity contribution in [2.24, 2.45) is 0 Å². The van der Waals surface area contributed by atoms with Crippen LogP contribution in [0.25, 0.3) is 0 Å². The van der Waals surface area contributed by atoms with Gasteiger partial charge in [0.2, 0.25) is 0 Å². The summed E-state index contributed by atoms with van der Waals surface area (Å²) in [6, 6.07) is 4.09. The van der Waals surface area contributed by atoms with Gasteiger partial charge in [0.05, 0.1) is 12.2 Å². The lowest BCUT2D eigenvalue weighted by molar-refractivity contribution is 0.369. The van der Waals surface area contributed by atoms with Crippen LogP contribution in [0.3, 0.4) is 0 Å². The van der Waals surface area contributed by atoms with Gasteiger partial charge in [-0.05, 0) is 30.9 Å². The van der Waals surface area contributed by atoms with Crippen LogP contribution in [0.15, 0.2) is 22.0 Å². The Hall–Kier alpha value is -1.13. The number of aryl methyl sites for hydroxylation is 2. The molecule has 1 N–H and O–H groups in total. The number of hydrogen-bond donors (Lipinski definition) is 1. The highest BCUT2D eigenvalue weighted by atomic mass is 32.1. The second-order valence-corrected chi connectivity index (χ2v) is 4.57. The van der Waals surface area contributed by atoms with Gasteiger partial charge in [-0.25, -0.2) is 0 Å². The van der Waals surface area contributed by atoms with E-state index >= 15 is 0 Å². The van der Waals surface area contributed by atoms with Gasteiger partial charge in [0.25, 0.3) is 0 Å². The van der Waals surface area contributed by atoms with E-state index in [-0.39, 0.29) is 0 Å². The molecule has 0 spiro atoms. The van der Waals surface area contributed by atoms with E-state index in [0.29, 0.717) is 0 Å². The van der Waals surface area contributed by atoms with Crippen molar-refractivity contribution in [2.75, 3.05) is 0 Å². The molecule has 0 saturated heterocycles. The molecule has 0 aliphatic heterocycles. The minimum absolute atomic E-state index is 0.734. The molecule has 0 amide bonds. The number of nitrogens with zero attached hydrogens (tertiary/aromatic N) is 1. The van der Waals surface area contributed by atoms with Crippen molar-refractivity contribution in [2.45, 2.75) is 26.9 Å². The largest absolute Gasteiger partial charge is 0.360 e. The number of hydrogen-bond acceptors (Lipinski definition) is 4. The fraction of sp³-hybridized carbons (Fsp3) is 0.364. The lowest BCUT2D eigenvalue weighted by Crippen LogP contribution is -2.11. The van der Waals surface area contributed by atoms with Crippen molar-refractivity contribution < 1.29 is 4.52 Å². The predicted octanol–water partition coefficient (Wildman–Crippen LogP) is 2.64. The van der Waals surface area contributed by atoms with E-state index in [1.54, 1.807) is 11.3 Å². The molecule has 0 fully saturated rings. The second-order valence-electron chi connectivity index (χ2n) is 3.56. The van der Waals surface area contributed by atoms with Crippen LogP contribution in [0, 0.1) is 13.8 Å². The standard InChI is InChI=1S/C11H14N2OS/c1-8-3-4-15-11(8)7-12-6-10-5-9(2)13-14-10/h3-5,12H,6-7H2,1-2H3. The first-order valence-corrected chi connectivity index (χ1v) is 5.79. The zero-order valence-electron chi connectivity index (χ0n) is 8.91. The Morgan fingerprint density at radius 3 is 2.87 bits per heavy atom. The highest BCUT2D eigenvalue weighted by Gasteiger charge is 2.02. The van der Waals surface area contributed by atoms with E-state index in [9.17, 15) is 0 Å². The van der Waals surface area contributed by atoms with Crippen LogP contribution >= 0.6 is 11.3 Å². The molecule has 80 valence electrons. The molecule has 2 aromatic heterocycles. The third-order valence-corrected chi connectivity index (χ3v) is 3.25. The summed E-state index contributed by atoms with van der Waals surface area (Å²) in [4.78, 5) is 1.38. The first kappa shape index (κ1) is 10.4. The van der Waals surface area contributed by atoms with Gasteiger partial charge in [-0.1, -0.05) is 5.16 Å². The molecule has 15 heavy (non-hydrogen) atoms. The normalized spacial score (nSPS) is 10.8. The smallest absolute Gasteiger partial charge is 0.150 e. The molecule has 0 unspecified atom stereocenters. The highest BCUT2D eigenvalue weighted by Crippen LogP contribution is 2.15. The molecule has 0 radical (unpaired) electrons. The zero-order valence-corrected chi connectivity index (χ0v) is 9.73. The molecule has 2 aromatic rings. The predicted molar refractivity (Wildman–Crippen MR) is 60.8 cm³/mol. The second kappa shape index (κ2) is 4.59. The SMILES string of the molecule is Cc1cc(CNCc2sccc2C)on1. The van der Waals surface area contributed by atoms with Gasteiger partial charge in [-0.3, -0.25) is 0 Å². The van der Waals surface area contributed by atoms with Crippen LogP contribution in [-0.4, -0.2) is 5.16 Å². The molecule has 0 aromatic carbocycles. The van der Waals surface area contributed by atoms with E-state index in [0.717, 1.165) is 24.5 Å². The van der Waals surface area contributed by atoms with E-state index < -0.39 is 0 Å². The maximum atomic E-state index is 5.10. The third kappa shape index (κ3) is 2.67. The minimum atomic E-state index is 0.734. The summed E-state index contributed by atoms with van der Waals surface area (Å²) in [5.41, 5.74) is 2.28. The molecular formula is C11H14N2OS. The molecule has 2 heterocycles. The number of thiophene rings is 1. The topological polar surface area (TPSA) is 38.1 Å². The highest BCUT2D eigenvalue weighted by molar-refractivity contribution is 7.10. The first-order chi connectivity index (χ1) is 7.25. The summed E-state index contributed by atoms with van der Waals surface area (Å²) in [7, 11) is 0. The van der Waals surface area contributed by atoms with Crippen molar-refractivity contribution >= 4 is 11.3 Å². The van der Waals surface area contributed by atoms with Crippen LogP contribution in [0.1, 0.15) is 21.9 Å². The van der Waals surface area contributed by atoms with Crippen LogP contribution in [-0.2, 0) is 13.1 Å². The third-order valence-electron chi connectivity index (χ3n) is 2.23. The summed E-state index contributed by atoms with van der Waals surface area (Å²) in [6.45, 7) is 5.68. The van der Waals surface area contributed by atoms with Gasteiger partial charge in [-0.15, -0.1) is 11.3 Å². The Morgan fingerprint density at radius 1 is 1.40 bits per heavy atom. The summed E-state index contributed by atoms with van der Waals surface area (Å²) < 4.78 is 5.10. The van der Waals surface area contributed by atoms with Gasteiger partial charge < -0.3 is 9.84 Å². The molecular weight excluding hydrogens is 208 g/mol. The minimum Gasteiger partial charge on any atom is -0.360 e. The van der Waals surface area contributed by atoms with Gasteiger partial charge in [0.15, 0.2) is 5.76 Å². The fourth-order valence-corrected chi connectivity index (χ4v) is 2.26. The molecule has 0 aliphatic rings. The van der Waals surface area contributed by atoms with Crippen molar-refractivity contribution in [1.82, 2.24) is 10.5 Å². The van der Waals surface area contributed by atoms with E-state index in [1.165, 1.54) is 10.4 Å².